The molecule has 1 aliphatic heterocycles. The van der Waals surface area contributed by atoms with Crippen LogP contribution in [0.15, 0.2) is 102 Å². The van der Waals surface area contributed by atoms with Gasteiger partial charge in [-0.15, -0.1) is 0 Å². The molecule has 40 heavy (non-hydrogen) atoms. The molecule has 0 saturated heterocycles. The van der Waals surface area contributed by atoms with E-state index < -0.39 is 0 Å². The van der Waals surface area contributed by atoms with Gasteiger partial charge in [0.15, 0.2) is 5.75 Å². The molecule has 0 saturated carbocycles. The minimum absolute atomic E-state index is 0.169. The van der Waals surface area contributed by atoms with Gasteiger partial charge in [-0.2, -0.15) is 4.57 Å². The molecule has 200 valence electrons. The molecule has 5 aromatic rings. The first-order valence-electron chi connectivity index (χ1n) is 14.4. The zero-order chi connectivity index (χ0) is 27.4. The van der Waals surface area contributed by atoms with Gasteiger partial charge >= 0.3 is 0 Å². The van der Waals surface area contributed by atoms with Gasteiger partial charge in [0.05, 0.1) is 11.1 Å². The number of allylic oxidation sites excluding steroid dienone is 4. The molecule has 0 amide bonds. The van der Waals surface area contributed by atoms with Crippen LogP contribution in [0.25, 0.3) is 37.8 Å². The molecule has 2 aliphatic rings. The van der Waals surface area contributed by atoms with E-state index in [1.165, 1.54) is 53.6 Å². The minimum Gasteiger partial charge on any atom is -0.439 e. The van der Waals surface area contributed by atoms with Crippen molar-refractivity contribution in [1.82, 2.24) is 0 Å². The Morgan fingerprint density at radius 2 is 1.60 bits per heavy atom. The van der Waals surface area contributed by atoms with E-state index >= 15 is 0 Å². The van der Waals surface area contributed by atoms with E-state index in [2.05, 4.69) is 128 Å². The van der Waals surface area contributed by atoms with E-state index in [-0.39, 0.29) is 5.41 Å². The number of aryl methyl sites for hydroxylation is 1. The molecule has 0 fully saturated rings. The fraction of sp³-hybridized carbons (Fsp3) is 0.250. The fourth-order valence-corrected chi connectivity index (χ4v) is 7.82. The van der Waals surface area contributed by atoms with Crippen LogP contribution in [0.1, 0.15) is 45.5 Å². The predicted molar refractivity (Wildman–Crippen MR) is 170 cm³/mol. The Morgan fingerprint density at radius 3 is 2.38 bits per heavy atom. The van der Waals surface area contributed by atoms with Gasteiger partial charge in [0, 0.05) is 24.1 Å². The highest BCUT2D eigenvalue weighted by Gasteiger charge is 2.31. The zero-order valence-corrected chi connectivity index (χ0v) is 24.5. The largest absolute Gasteiger partial charge is 0.439 e. The molecule has 0 spiro atoms. The number of aromatic nitrogens is 1. The summed E-state index contributed by atoms with van der Waals surface area (Å²) in [5.74, 6) is 1.87. The van der Waals surface area contributed by atoms with E-state index in [1.807, 2.05) is 11.3 Å². The lowest BCUT2D eigenvalue weighted by molar-refractivity contribution is -0.664. The molecule has 7 rings (SSSR count). The number of nitrogens with zero attached hydrogens (tertiary/aromatic N) is 2. The lowest BCUT2D eigenvalue weighted by Gasteiger charge is -2.30. The summed E-state index contributed by atoms with van der Waals surface area (Å²) >= 11 is 1.90. The molecule has 1 aliphatic carbocycles. The normalized spacial score (nSPS) is 18.6. The zero-order valence-electron chi connectivity index (χ0n) is 23.7. The lowest BCUT2D eigenvalue weighted by Crippen LogP contribution is -2.33. The summed E-state index contributed by atoms with van der Waals surface area (Å²) in [4.78, 5) is 2.33. The van der Waals surface area contributed by atoms with Gasteiger partial charge in [-0.25, -0.2) is 0 Å². The molecule has 4 aromatic carbocycles. The molecule has 3 nitrogen and oxygen atoms in total. The monoisotopic (exact) mass is 543 g/mol. The molecule has 0 unspecified atom stereocenters. The molecule has 1 aromatic heterocycles. The van der Waals surface area contributed by atoms with Crippen molar-refractivity contribution in [3.63, 3.8) is 0 Å². The van der Waals surface area contributed by atoms with E-state index in [9.17, 15) is 0 Å². The first-order valence-corrected chi connectivity index (χ1v) is 15.2. The van der Waals surface area contributed by atoms with Crippen LogP contribution in [0, 0.1) is 5.41 Å². The number of rotatable bonds is 4. The smallest absolute Gasteiger partial charge is 0.263 e. The summed E-state index contributed by atoms with van der Waals surface area (Å²) in [5, 5.41) is 6.43. The Bertz CT molecular complexity index is 1890. The van der Waals surface area contributed by atoms with Crippen molar-refractivity contribution < 1.29 is 9.30 Å². The van der Waals surface area contributed by atoms with E-state index in [4.69, 9.17) is 4.74 Å². The molecule has 0 N–H and O–H groups in total. The number of hydrogen-bond donors (Lipinski definition) is 0. The molecular formula is C36H35N2OS+. The highest BCUT2D eigenvalue weighted by Crippen LogP contribution is 2.46. The van der Waals surface area contributed by atoms with E-state index in [1.54, 1.807) is 0 Å². The third-order valence-corrected chi connectivity index (χ3v) is 9.31. The van der Waals surface area contributed by atoms with Crippen molar-refractivity contribution in [1.29, 1.82) is 0 Å². The highest BCUT2D eigenvalue weighted by atomic mass is 32.1. The van der Waals surface area contributed by atoms with Crippen molar-refractivity contribution in [3.05, 3.63) is 107 Å². The Morgan fingerprint density at radius 1 is 0.875 bits per heavy atom. The summed E-state index contributed by atoms with van der Waals surface area (Å²) in [5.41, 5.74) is 5.40. The second kappa shape index (κ2) is 9.64. The van der Waals surface area contributed by atoms with Crippen LogP contribution in [-0.2, 0) is 6.54 Å². The Labute approximate surface area is 240 Å². The van der Waals surface area contributed by atoms with Crippen molar-refractivity contribution in [2.75, 3.05) is 11.4 Å². The van der Waals surface area contributed by atoms with E-state index in [0.717, 1.165) is 37.6 Å². The van der Waals surface area contributed by atoms with Crippen LogP contribution in [0.3, 0.4) is 0 Å². The van der Waals surface area contributed by atoms with Crippen LogP contribution in [0.2, 0.25) is 0 Å². The molecular weight excluding hydrogens is 508 g/mol. The van der Waals surface area contributed by atoms with Crippen LogP contribution in [0.4, 0.5) is 5.69 Å². The number of anilines is 1. The first kappa shape index (κ1) is 25.1. The average Bonchev–Trinajstić information content (AvgIpc) is 3.49. The van der Waals surface area contributed by atoms with Crippen molar-refractivity contribution in [2.24, 2.45) is 5.41 Å². The van der Waals surface area contributed by atoms with Crippen LogP contribution in [0.5, 0.6) is 5.75 Å². The number of benzene rings is 4. The summed E-state index contributed by atoms with van der Waals surface area (Å²) in [6, 6.07) is 26.1. The Kier molecular flexibility index (Phi) is 6.05. The maximum Gasteiger partial charge on any atom is 0.263 e. The quantitative estimate of drug-likeness (QED) is 0.210. The standard InChI is InChI=1S/C36H35N2OS/c1-5-37-32(39-30-17-15-26-11-7-9-13-28(26)34(30)37)20-24-19-25(23-36(3,4)22-24)21-33-38(6-2)35-29-14-10-8-12-27(29)16-18-31(35)40-33/h7-21H,5-6,22-23H2,1-4H3/q+1. The summed E-state index contributed by atoms with van der Waals surface area (Å²) in [7, 11) is 0. The number of hydrogen-bond acceptors (Lipinski definition) is 3. The topological polar surface area (TPSA) is 16.4 Å². The van der Waals surface area contributed by atoms with Gasteiger partial charge in [-0.1, -0.05) is 85.9 Å². The van der Waals surface area contributed by atoms with E-state index in [0.29, 0.717) is 0 Å². The maximum atomic E-state index is 6.48. The minimum atomic E-state index is 0.169. The van der Waals surface area contributed by atoms with Gasteiger partial charge < -0.3 is 9.64 Å². The Balaban J connectivity index is 1.31. The van der Waals surface area contributed by atoms with Crippen molar-refractivity contribution in [3.8, 4) is 5.75 Å². The van der Waals surface area contributed by atoms with Gasteiger partial charge in [0.1, 0.15) is 11.2 Å². The summed E-state index contributed by atoms with van der Waals surface area (Å²) in [6.07, 6.45) is 9.19. The van der Waals surface area contributed by atoms with Crippen LogP contribution in [-0.4, -0.2) is 6.54 Å². The Hall–Kier alpha value is -3.89. The highest BCUT2D eigenvalue weighted by molar-refractivity contribution is 7.19. The fourth-order valence-electron chi connectivity index (χ4n) is 6.60. The third-order valence-electron chi connectivity index (χ3n) is 8.21. The summed E-state index contributed by atoms with van der Waals surface area (Å²) < 4.78 is 10.3. The number of ether oxygens (including phenoxy) is 1. The number of fused-ring (bicyclic) bond motifs is 6. The van der Waals surface area contributed by atoms with Crippen LogP contribution < -0.4 is 14.2 Å². The second-order valence-electron chi connectivity index (χ2n) is 11.7. The first-order chi connectivity index (χ1) is 19.4. The molecule has 0 bridgehead atoms. The van der Waals surface area contributed by atoms with Crippen molar-refractivity contribution in [2.45, 2.75) is 47.1 Å². The van der Waals surface area contributed by atoms with Gasteiger partial charge in [0.25, 0.3) is 5.01 Å². The van der Waals surface area contributed by atoms with Gasteiger partial charge in [0.2, 0.25) is 11.4 Å². The summed E-state index contributed by atoms with van der Waals surface area (Å²) in [6.45, 7) is 11.0. The van der Waals surface area contributed by atoms with Crippen molar-refractivity contribution >= 4 is 54.9 Å². The maximum absolute atomic E-state index is 6.48. The van der Waals surface area contributed by atoms with Gasteiger partial charge in [-0.05, 0) is 72.2 Å². The second-order valence-corrected chi connectivity index (χ2v) is 12.8. The SMILES string of the molecule is CCN1C(=CC2=CC(=Cc3sc4ccc5ccccc5c4[n+]3CC)CC(C)(C)C2)Oc2ccc3ccccc3c21. The molecule has 0 atom stereocenters. The third kappa shape index (κ3) is 4.22. The van der Waals surface area contributed by atoms with Gasteiger partial charge in [-0.3, -0.25) is 0 Å². The predicted octanol–water partition coefficient (Wildman–Crippen LogP) is 9.41. The average molecular weight is 544 g/mol. The molecule has 0 radical (unpaired) electrons. The van der Waals surface area contributed by atoms with Crippen LogP contribution >= 0.6 is 11.3 Å². The lowest BCUT2D eigenvalue weighted by atomic mass is 9.75. The molecule has 2 heterocycles. The molecule has 4 heteroatoms. The number of thiazole rings is 1.